The summed E-state index contributed by atoms with van der Waals surface area (Å²) in [4.78, 5) is 0. The van der Waals surface area contributed by atoms with E-state index in [1.807, 2.05) is 6.08 Å². The fourth-order valence-corrected chi connectivity index (χ4v) is 0.743. The molecule has 0 unspecified atom stereocenters. The zero-order valence-electron chi connectivity index (χ0n) is 8.43. The van der Waals surface area contributed by atoms with Crippen LogP contribution in [0, 0.1) is 18.3 Å². The predicted octanol–water partition coefficient (Wildman–Crippen LogP) is 3.47. The maximum absolute atomic E-state index is 5.05. The maximum Gasteiger partial charge on any atom is 0.0348 e. The Kier molecular flexibility index (Phi) is 7.82. The van der Waals surface area contributed by atoms with Gasteiger partial charge in [-0.3, -0.25) is 0 Å². The Bertz CT molecular complexity index is 280. The van der Waals surface area contributed by atoms with Crippen LogP contribution in [0.4, 0.5) is 0 Å². The van der Waals surface area contributed by atoms with Crippen molar-refractivity contribution in [2.75, 3.05) is 0 Å². The van der Waals surface area contributed by atoms with Crippen LogP contribution < -0.4 is 0 Å². The molecular weight excluding hydrogens is 156 g/mol. The molecule has 0 rings (SSSR count). The normalized spacial score (nSPS) is 7.85. The number of hydrogen-bond acceptors (Lipinski definition) is 0. The van der Waals surface area contributed by atoms with Gasteiger partial charge in [0.1, 0.15) is 0 Å². The minimum atomic E-state index is 0.612. The van der Waals surface area contributed by atoms with Gasteiger partial charge in [-0.25, -0.2) is 0 Å². The SMILES string of the molecule is C#CCC=C=C=C=CCCC(C)C. The summed E-state index contributed by atoms with van der Waals surface area (Å²) in [5, 5.41) is 0. The quantitative estimate of drug-likeness (QED) is 0.450. The number of terminal acetylenes is 1. The van der Waals surface area contributed by atoms with E-state index in [4.69, 9.17) is 6.42 Å². The smallest absolute Gasteiger partial charge is 0.0348 e. The molecule has 0 nitrogen and oxygen atoms in total. The van der Waals surface area contributed by atoms with E-state index < -0.39 is 0 Å². The van der Waals surface area contributed by atoms with Crippen molar-refractivity contribution in [2.45, 2.75) is 33.1 Å². The summed E-state index contributed by atoms with van der Waals surface area (Å²) < 4.78 is 0. The molecule has 68 valence electrons. The van der Waals surface area contributed by atoms with Crippen LogP contribution in [0.1, 0.15) is 33.1 Å². The summed E-state index contributed by atoms with van der Waals surface area (Å²) in [5.74, 6) is 3.24. The molecule has 0 saturated heterocycles. The van der Waals surface area contributed by atoms with Crippen molar-refractivity contribution in [3.8, 4) is 12.3 Å². The largest absolute Gasteiger partial charge is 0.120 e. The van der Waals surface area contributed by atoms with E-state index >= 15 is 0 Å². The molecule has 0 bridgehead atoms. The maximum atomic E-state index is 5.05. The molecule has 0 aliphatic rings. The number of rotatable bonds is 4. The molecular formula is C13H16. The van der Waals surface area contributed by atoms with Gasteiger partial charge in [-0.2, -0.15) is 0 Å². The highest BCUT2D eigenvalue weighted by atomic mass is 13.9. The first-order valence-corrected chi connectivity index (χ1v) is 4.60. The monoisotopic (exact) mass is 172 g/mol. The van der Waals surface area contributed by atoms with Crippen LogP contribution in [0.25, 0.3) is 0 Å². The lowest BCUT2D eigenvalue weighted by atomic mass is 10.1. The molecule has 0 aliphatic heterocycles. The van der Waals surface area contributed by atoms with E-state index in [-0.39, 0.29) is 0 Å². The molecule has 0 heterocycles. The van der Waals surface area contributed by atoms with Crippen molar-refractivity contribution in [1.29, 1.82) is 0 Å². The predicted molar refractivity (Wildman–Crippen MR) is 57.2 cm³/mol. The Balaban J connectivity index is 3.83. The zero-order valence-corrected chi connectivity index (χ0v) is 8.43. The molecule has 0 aliphatic carbocycles. The first-order chi connectivity index (χ1) is 6.27. The fraction of sp³-hybridized carbons (Fsp3) is 0.462. The van der Waals surface area contributed by atoms with E-state index in [2.05, 4.69) is 37.0 Å². The second-order valence-corrected chi connectivity index (χ2v) is 3.20. The van der Waals surface area contributed by atoms with E-state index in [9.17, 15) is 0 Å². The van der Waals surface area contributed by atoms with Crippen molar-refractivity contribution in [3.05, 3.63) is 29.3 Å². The number of allylic oxidation sites excluding steroid dienone is 2. The molecule has 0 saturated carbocycles. The third-order valence-electron chi connectivity index (χ3n) is 1.46. The second-order valence-electron chi connectivity index (χ2n) is 3.20. The lowest BCUT2D eigenvalue weighted by Gasteiger charge is -1.96. The van der Waals surface area contributed by atoms with Gasteiger partial charge in [0.2, 0.25) is 0 Å². The van der Waals surface area contributed by atoms with E-state index in [1.165, 1.54) is 6.42 Å². The average Bonchev–Trinajstić information content (AvgIpc) is 2.09. The highest BCUT2D eigenvalue weighted by Gasteiger charge is 1.87. The molecule has 0 aromatic carbocycles. The van der Waals surface area contributed by atoms with E-state index in [1.54, 1.807) is 6.08 Å². The molecule has 0 fully saturated rings. The van der Waals surface area contributed by atoms with Crippen LogP contribution in [0.2, 0.25) is 0 Å². The first-order valence-electron chi connectivity index (χ1n) is 4.60. The Hall–Kier alpha value is -1.36. The summed E-state index contributed by atoms with van der Waals surface area (Å²) in [5.41, 5.74) is 8.52. The molecule has 0 heteroatoms. The van der Waals surface area contributed by atoms with Gasteiger partial charge < -0.3 is 0 Å². The Labute approximate surface area is 81.4 Å². The van der Waals surface area contributed by atoms with Crippen LogP contribution in [0.5, 0.6) is 0 Å². The lowest BCUT2D eigenvalue weighted by Crippen LogP contribution is -1.82. The molecule has 0 N–H and O–H groups in total. The second kappa shape index (κ2) is 8.73. The highest BCUT2D eigenvalue weighted by molar-refractivity contribution is 4.96. The molecule has 0 atom stereocenters. The van der Waals surface area contributed by atoms with E-state index in [0.717, 1.165) is 12.3 Å². The Morgan fingerprint density at radius 1 is 1.23 bits per heavy atom. The minimum Gasteiger partial charge on any atom is -0.120 e. The van der Waals surface area contributed by atoms with Gasteiger partial charge in [-0.05, 0) is 36.6 Å². The fourth-order valence-electron chi connectivity index (χ4n) is 0.743. The third kappa shape index (κ3) is 10.6. The molecule has 0 aromatic heterocycles. The van der Waals surface area contributed by atoms with Crippen LogP contribution >= 0.6 is 0 Å². The minimum absolute atomic E-state index is 0.612. The molecule has 0 spiro atoms. The topological polar surface area (TPSA) is 0 Å². The van der Waals surface area contributed by atoms with Gasteiger partial charge in [0.25, 0.3) is 0 Å². The molecule has 13 heavy (non-hydrogen) atoms. The van der Waals surface area contributed by atoms with Crippen molar-refractivity contribution in [1.82, 2.24) is 0 Å². The zero-order chi connectivity index (χ0) is 9.94. The Morgan fingerprint density at radius 2 is 1.92 bits per heavy atom. The van der Waals surface area contributed by atoms with Crippen LogP contribution in [0.3, 0.4) is 0 Å². The standard InChI is InChI=1S/C13H16/c1-4-5-6-7-8-9-10-11-12-13(2)3/h1,6,10,13H,5,11-12H2,2-3H3. The lowest BCUT2D eigenvalue weighted by molar-refractivity contribution is 0.594. The van der Waals surface area contributed by atoms with Crippen LogP contribution in [-0.2, 0) is 0 Å². The summed E-state index contributed by atoms with van der Waals surface area (Å²) in [6.07, 6.45) is 11.7. The first kappa shape index (κ1) is 11.6. The molecule has 0 radical (unpaired) electrons. The summed E-state index contributed by atoms with van der Waals surface area (Å²) in [7, 11) is 0. The highest BCUT2D eigenvalue weighted by Crippen LogP contribution is 2.02. The van der Waals surface area contributed by atoms with Crippen molar-refractivity contribution in [3.63, 3.8) is 0 Å². The van der Waals surface area contributed by atoms with Crippen molar-refractivity contribution < 1.29 is 0 Å². The van der Waals surface area contributed by atoms with Crippen molar-refractivity contribution in [2.24, 2.45) is 5.92 Å². The van der Waals surface area contributed by atoms with Crippen LogP contribution in [0.15, 0.2) is 29.3 Å². The van der Waals surface area contributed by atoms with Gasteiger partial charge in [0, 0.05) is 6.42 Å². The van der Waals surface area contributed by atoms with Gasteiger partial charge >= 0.3 is 0 Å². The van der Waals surface area contributed by atoms with Gasteiger partial charge in [-0.1, -0.05) is 25.3 Å². The average molecular weight is 172 g/mol. The van der Waals surface area contributed by atoms with Gasteiger partial charge in [0.15, 0.2) is 0 Å². The summed E-state index contributed by atoms with van der Waals surface area (Å²) >= 11 is 0. The summed E-state index contributed by atoms with van der Waals surface area (Å²) in [6, 6.07) is 0. The summed E-state index contributed by atoms with van der Waals surface area (Å²) in [6.45, 7) is 4.42. The van der Waals surface area contributed by atoms with Gasteiger partial charge in [-0.15, -0.1) is 12.3 Å². The molecule has 0 amide bonds. The van der Waals surface area contributed by atoms with Gasteiger partial charge in [0.05, 0.1) is 0 Å². The van der Waals surface area contributed by atoms with Crippen molar-refractivity contribution >= 4 is 0 Å². The van der Waals surface area contributed by atoms with E-state index in [0.29, 0.717) is 6.42 Å². The van der Waals surface area contributed by atoms with Crippen LogP contribution in [-0.4, -0.2) is 0 Å². The third-order valence-corrected chi connectivity index (χ3v) is 1.46. The number of hydrogen-bond donors (Lipinski definition) is 0. The molecule has 0 aromatic rings. The Morgan fingerprint density at radius 3 is 2.54 bits per heavy atom.